The van der Waals surface area contributed by atoms with Gasteiger partial charge in [-0.3, -0.25) is 4.90 Å². The molecule has 1 aromatic carbocycles. The van der Waals surface area contributed by atoms with Crippen molar-refractivity contribution in [3.63, 3.8) is 0 Å². The van der Waals surface area contributed by atoms with Gasteiger partial charge in [0.1, 0.15) is 0 Å². The number of rotatable bonds is 4. The number of ether oxygens (including phenoxy) is 2. The van der Waals surface area contributed by atoms with Crippen molar-refractivity contribution < 1.29 is 9.47 Å². The first-order chi connectivity index (χ1) is 12.3. The molecule has 1 aliphatic heterocycles. The topological polar surface area (TPSA) is 21.7 Å². The minimum atomic E-state index is 0.636. The van der Waals surface area contributed by atoms with Gasteiger partial charge in [-0.05, 0) is 62.6 Å². The molecule has 0 spiro atoms. The summed E-state index contributed by atoms with van der Waals surface area (Å²) < 4.78 is 11.2. The first-order valence-electron chi connectivity index (χ1n) is 9.64. The fraction of sp³-hybridized carbons (Fsp3) is 0.545. The van der Waals surface area contributed by atoms with E-state index in [-0.39, 0.29) is 0 Å². The Morgan fingerprint density at radius 2 is 2.04 bits per heavy atom. The molecule has 2 aliphatic carbocycles. The van der Waals surface area contributed by atoms with Crippen LogP contribution in [-0.4, -0.2) is 38.3 Å². The molecule has 2 atom stereocenters. The zero-order valence-corrected chi connectivity index (χ0v) is 15.5. The molecule has 3 aliphatic rings. The molecule has 3 heteroatoms. The van der Waals surface area contributed by atoms with Crippen LogP contribution in [0.15, 0.2) is 35.9 Å². The van der Waals surface area contributed by atoms with Crippen LogP contribution in [0.3, 0.4) is 0 Å². The van der Waals surface area contributed by atoms with E-state index in [0.29, 0.717) is 12.0 Å². The van der Waals surface area contributed by atoms with Crippen LogP contribution in [-0.2, 0) is 6.42 Å². The number of benzene rings is 1. The molecule has 0 N–H and O–H groups in total. The summed E-state index contributed by atoms with van der Waals surface area (Å²) >= 11 is 0. The first-order valence-corrected chi connectivity index (χ1v) is 9.64. The summed E-state index contributed by atoms with van der Waals surface area (Å²) in [6.07, 6.45) is 14.2. The number of likely N-dealkylation sites (tertiary alicyclic amines) is 1. The second-order valence-corrected chi connectivity index (χ2v) is 7.49. The highest BCUT2D eigenvalue weighted by Gasteiger charge is 2.37. The summed E-state index contributed by atoms with van der Waals surface area (Å²) in [4.78, 5) is 2.75. The molecule has 1 fully saturated rings. The summed E-state index contributed by atoms with van der Waals surface area (Å²) in [7, 11) is 3.49. The molecule has 134 valence electrons. The highest BCUT2D eigenvalue weighted by atomic mass is 16.5. The number of hydrogen-bond donors (Lipinski definition) is 0. The van der Waals surface area contributed by atoms with Crippen molar-refractivity contribution in [3.05, 3.63) is 47.1 Å². The standard InChI is InChI=1S/C22H29NO2/c1-24-21-13-11-17-18-9-6-14-23(15-16-7-4-3-5-8-16)20(18)12-10-19(17)22(21)25-2/h3-4,7,11,13,18,20H,5-6,8-10,12,14-15H2,1-2H3. The van der Waals surface area contributed by atoms with Gasteiger partial charge in [0.2, 0.25) is 0 Å². The number of methoxy groups -OCH3 is 2. The van der Waals surface area contributed by atoms with Crippen molar-refractivity contribution >= 4 is 0 Å². The van der Waals surface area contributed by atoms with Gasteiger partial charge in [0, 0.05) is 18.2 Å². The molecule has 0 radical (unpaired) electrons. The van der Waals surface area contributed by atoms with Crippen molar-refractivity contribution in [2.24, 2.45) is 0 Å². The lowest BCUT2D eigenvalue weighted by atomic mass is 9.73. The molecule has 25 heavy (non-hydrogen) atoms. The minimum Gasteiger partial charge on any atom is -0.493 e. The lowest BCUT2D eigenvalue weighted by molar-refractivity contribution is 0.122. The molecule has 4 rings (SSSR count). The van der Waals surface area contributed by atoms with E-state index in [0.717, 1.165) is 24.5 Å². The van der Waals surface area contributed by atoms with Crippen molar-refractivity contribution in [2.75, 3.05) is 27.3 Å². The van der Waals surface area contributed by atoms with Gasteiger partial charge < -0.3 is 9.47 Å². The molecule has 0 bridgehead atoms. The summed E-state index contributed by atoms with van der Waals surface area (Å²) in [5, 5.41) is 0. The maximum Gasteiger partial charge on any atom is 0.164 e. The van der Waals surface area contributed by atoms with E-state index < -0.39 is 0 Å². The molecular weight excluding hydrogens is 310 g/mol. The van der Waals surface area contributed by atoms with Crippen molar-refractivity contribution in [1.29, 1.82) is 0 Å². The van der Waals surface area contributed by atoms with Gasteiger partial charge >= 0.3 is 0 Å². The lowest BCUT2D eigenvalue weighted by Gasteiger charge is -2.45. The van der Waals surface area contributed by atoms with Gasteiger partial charge in [-0.15, -0.1) is 0 Å². The van der Waals surface area contributed by atoms with Crippen LogP contribution in [0.1, 0.15) is 49.1 Å². The Morgan fingerprint density at radius 1 is 1.12 bits per heavy atom. The van der Waals surface area contributed by atoms with E-state index in [9.17, 15) is 0 Å². The fourth-order valence-electron chi connectivity index (χ4n) is 5.02. The first kappa shape index (κ1) is 16.7. The Hall–Kier alpha value is -1.74. The SMILES string of the molecule is COc1ccc2c(c1OC)CCC1C2CCCN1CC1=CC=CCC1. The third-order valence-corrected chi connectivity index (χ3v) is 6.17. The normalized spacial score (nSPS) is 25.8. The number of hydrogen-bond acceptors (Lipinski definition) is 3. The average molecular weight is 339 g/mol. The lowest BCUT2D eigenvalue weighted by Crippen LogP contribution is -2.47. The van der Waals surface area contributed by atoms with E-state index in [1.807, 2.05) is 0 Å². The van der Waals surface area contributed by atoms with Gasteiger partial charge in [0.15, 0.2) is 11.5 Å². The molecule has 1 saturated heterocycles. The smallest absolute Gasteiger partial charge is 0.164 e. The van der Waals surface area contributed by atoms with Crippen LogP contribution in [0.2, 0.25) is 0 Å². The van der Waals surface area contributed by atoms with Crippen molar-refractivity contribution in [1.82, 2.24) is 4.90 Å². The van der Waals surface area contributed by atoms with Crippen LogP contribution in [0.25, 0.3) is 0 Å². The largest absolute Gasteiger partial charge is 0.493 e. The highest BCUT2D eigenvalue weighted by molar-refractivity contribution is 5.53. The van der Waals surface area contributed by atoms with Gasteiger partial charge in [-0.1, -0.05) is 29.9 Å². The highest BCUT2D eigenvalue weighted by Crippen LogP contribution is 2.46. The predicted octanol–water partition coefficient (Wildman–Crippen LogP) is 4.47. The fourth-order valence-corrected chi connectivity index (χ4v) is 5.02. The molecule has 1 heterocycles. The van der Waals surface area contributed by atoms with E-state index in [4.69, 9.17) is 9.47 Å². The quantitative estimate of drug-likeness (QED) is 0.807. The van der Waals surface area contributed by atoms with E-state index in [1.165, 1.54) is 49.8 Å². The minimum absolute atomic E-state index is 0.636. The van der Waals surface area contributed by atoms with Gasteiger partial charge in [-0.2, -0.15) is 0 Å². The molecule has 0 saturated carbocycles. The summed E-state index contributed by atoms with van der Waals surface area (Å²) in [6.45, 7) is 2.39. The van der Waals surface area contributed by atoms with Crippen molar-refractivity contribution in [2.45, 2.75) is 50.5 Å². The van der Waals surface area contributed by atoms with Crippen LogP contribution in [0.5, 0.6) is 11.5 Å². The Kier molecular flexibility index (Phi) is 4.85. The molecule has 1 aromatic rings. The Balaban J connectivity index is 1.60. The molecule has 0 aromatic heterocycles. The molecule has 2 unspecified atom stereocenters. The number of piperidine rings is 1. The van der Waals surface area contributed by atoms with Crippen LogP contribution in [0, 0.1) is 0 Å². The molecular formula is C22H29NO2. The monoisotopic (exact) mass is 339 g/mol. The molecule has 3 nitrogen and oxygen atoms in total. The zero-order valence-electron chi connectivity index (χ0n) is 15.5. The third-order valence-electron chi connectivity index (χ3n) is 6.17. The van der Waals surface area contributed by atoms with E-state index >= 15 is 0 Å². The van der Waals surface area contributed by atoms with E-state index in [2.05, 4.69) is 35.3 Å². The summed E-state index contributed by atoms with van der Waals surface area (Å²) in [5.41, 5.74) is 4.47. The zero-order chi connectivity index (χ0) is 17.2. The van der Waals surface area contributed by atoms with Crippen LogP contribution in [0.4, 0.5) is 0 Å². The second kappa shape index (κ2) is 7.25. The van der Waals surface area contributed by atoms with Gasteiger partial charge in [-0.25, -0.2) is 0 Å². The van der Waals surface area contributed by atoms with Gasteiger partial charge in [0.25, 0.3) is 0 Å². The maximum absolute atomic E-state index is 5.71. The summed E-state index contributed by atoms with van der Waals surface area (Å²) in [5.74, 6) is 2.46. The summed E-state index contributed by atoms with van der Waals surface area (Å²) in [6, 6.07) is 5.05. The van der Waals surface area contributed by atoms with Gasteiger partial charge in [0.05, 0.1) is 14.2 Å². The van der Waals surface area contributed by atoms with E-state index in [1.54, 1.807) is 19.8 Å². The second-order valence-electron chi connectivity index (χ2n) is 7.49. The Bertz CT molecular complexity index is 692. The number of nitrogens with zero attached hydrogens (tertiary/aromatic N) is 1. The number of fused-ring (bicyclic) bond motifs is 3. The Morgan fingerprint density at radius 3 is 2.80 bits per heavy atom. The maximum atomic E-state index is 5.71. The predicted molar refractivity (Wildman–Crippen MR) is 102 cm³/mol. The average Bonchev–Trinajstić information content (AvgIpc) is 2.67. The van der Waals surface area contributed by atoms with Crippen LogP contribution < -0.4 is 9.47 Å². The number of allylic oxidation sites excluding steroid dienone is 3. The molecule has 0 amide bonds. The third kappa shape index (κ3) is 3.10. The van der Waals surface area contributed by atoms with Crippen LogP contribution >= 0.6 is 0 Å². The van der Waals surface area contributed by atoms with Crippen molar-refractivity contribution in [3.8, 4) is 11.5 Å². The Labute approximate surface area is 151 Å².